The third-order valence-corrected chi connectivity index (χ3v) is 9.75. The van der Waals surface area contributed by atoms with Gasteiger partial charge in [-0.1, -0.05) is 18.6 Å². The molecule has 12 heteroatoms. The molecule has 12 nitrogen and oxygen atoms in total. The predicted molar refractivity (Wildman–Crippen MR) is 154 cm³/mol. The average Bonchev–Trinajstić information content (AvgIpc) is 3.02. The number of nitrogens with zero attached hydrogens (tertiary/aromatic N) is 1. The Hall–Kier alpha value is -3.10. The summed E-state index contributed by atoms with van der Waals surface area (Å²) in [5.41, 5.74) is -3.04. The number of carbonyl (C=O) groups is 2. The highest BCUT2D eigenvalue weighted by Crippen LogP contribution is 2.53. The quantitative estimate of drug-likeness (QED) is 0.219. The van der Waals surface area contributed by atoms with Gasteiger partial charge in [-0.25, -0.2) is 0 Å². The van der Waals surface area contributed by atoms with Gasteiger partial charge in [0.25, 0.3) is 0 Å². The van der Waals surface area contributed by atoms with Crippen LogP contribution in [-0.4, -0.2) is 110 Å². The molecule has 4 aliphatic rings. The minimum atomic E-state index is -2.03. The topological polar surface area (TPSA) is 186 Å². The molecule has 2 aromatic carbocycles. The SMILES string of the molecule is COc1cccc2c1C(=O)c1c(O)c3c(c(O)c1C2=O)C[C@@](O)(C(O)CO)C[C@@H]3O[C@H]1C[C@H](N2CCCCC2)[C@H](O)[C@H](C)O1. The van der Waals surface area contributed by atoms with Gasteiger partial charge in [-0.3, -0.25) is 14.5 Å². The second kappa shape index (κ2) is 11.7. The lowest BCUT2D eigenvalue weighted by molar-refractivity contribution is -0.262. The monoisotopic (exact) mass is 613 g/mol. The van der Waals surface area contributed by atoms with Gasteiger partial charge in [0.15, 0.2) is 12.1 Å². The number of benzene rings is 2. The van der Waals surface area contributed by atoms with Crippen LogP contribution >= 0.6 is 0 Å². The van der Waals surface area contributed by atoms with Gasteiger partial charge in [0.2, 0.25) is 5.78 Å². The third kappa shape index (κ3) is 4.89. The molecule has 6 rings (SSSR count). The number of aromatic hydroxyl groups is 2. The molecule has 1 unspecified atom stereocenters. The zero-order valence-corrected chi connectivity index (χ0v) is 24.7. The first-order valence-corrected chi connectivity index (χ1v) is 15.1. The van der Waals surface area contributed by atoms with Crippen LogP contribution in [0.4, 0.5) is 0 Å². The van der Waals surface area contributed by atoms with Crippen LogP contribution in [0.1, 0.15) is 88.1 Å². The van der Waals surface area contributed by atoms with Crippen LogP contribution in [0.2, 0.25) is 0 Å². The molecule has 238 valence electrons. The summed E-state index contributed by atoms with van der Waals surface area (Å²) in [6, 6.07) is 4.19. The Morgan fingerprint density at radius 1 is 1.07 bits per heavy atom. The molecule has 44 heavy (non-hydrogen) atoms. The molecule has 0 radical (unpaired) electrons. The molecule has 2 aliphatic heterocycles. The van der Waals surface area contributed by atoms with Gasteiger partial charge in [0.05, 0.1) is 54.3 Å². The summed E-state index contributed by atoms with van der Waals surface area (Å²) in [5.74, 6) is -2.54. The fourth-order valence-electron chi connectivity index (χ4n) is 7.40. The van der Waals surface area contributed by atoms with E-state index in [1.807, 2.05) is 0 Å². The van der Waals surface area contributed by atoms with Crippen LogP contribution in [0, 0.1) is 0 Å². The predicted octanol–water partition coefficient (Wildman–Crippen LogP) is 1.32. The summed E-state index contributed by atoms with van der Waals surface area (Å²) in [7, 11) is 1.35. The number of likely N-dealkylation sites (tertiary alicyclic amines) is 1. The van der Waals surface area contributed by atoms with Gasteiger partial charge in [0.1, 0.15) is 23.4 Å². The minimum Gasteiger partial charge on any atom is -0.507 e. The minimum absolute atomic E-state index is 0.0160. The normalized spacial score (nSPS) is 31.2. The summed E-state index contributed by atoms with van der Waals surface area (Å²) < 4.78 is 17.7. The zero-order chi connectivity index (χ0) is 31.5. The lowest BCUT2D eigenvalue weighted by Gasteiger charge is -2.47. The Bertz CT molecular complexity index is 1470. The number of rotatable bonds is 6. The molecule has 7 atom stereocenters. The Morgan fingerprint density at radius 3 is 2.45 bits per heavy atom. The highest BCUT2D eigenvalue weighted by atomic mass is 16.7. The fourth-order valence-corrected chi connectivity index (χ4v) is 7.40. The van der Waals surface area contributed by atoms with E-state index >= 15 is 0 Å². The van der Waals surface area contributed by atoms with Crippen molar-refractivity contribution in [2.45, 2.75) is 87.8 Å². The lowest BCUT2D eigenvalue weighted by atomic mass is 9.71. The van der Waals surface area contributed by atoms with E-state index in [4.69, 9.17) is 14.2 Å². The molecule has 0 spiro atoms. The summed E-state index contributed by atoms with van der Waals surface area (Å²) in [4.78, 5) is 29.7. The van der Waals surface area contributed by atoms with Crippen molar-refractivity contribution in [3.05, 3.63) is 51.6 Å². The Kier molecular flexibility index (Phi) is 8.20. The smallest absolute Gasteiger partial charge is 0.202 e. The molecule has 0 bridgehead atoms. The number of methoxy groups -OCH3 is 1. The Morgan fingerprint density at radius 2 is 1.77 bits per heavy atom. The van der Waals surface area contributed by atoms with E-state index in [1.165, 1.54) is 25.3 Å². The van der Waals surface area contributed by atoms with Gasteiger partial charge >= 0.3 is 0 Å². The van der Waals surface area contributed by atoms with Crippen LogP contribution in [-0.2, 0) is 15.9 Å². The molecule has 2 aliphatic carbocycles. The van der Waals surface area contributed by atoms with E-state index in [9.17, 15) is 40.2 Å². The first-order valence-electron chi connectivity index (χ1n) is 15.1. The Labute approximate surface area is 254 Å². The molecular weight excluding hydrogens is 574 g/mol. The van der Waals surface area contributed by atoms with E-state index < -0.39 is 83.5 Å². The average molecular weight is 614 g/mol. The first-order chi connectivity index (χ1) is 21.0. The van der Waals surface area contributed by atoms with Crippen molar-refractivity contribution in [1.82, 2.24) is 4.90 Å². The molecule has 0 saturated carbocycles. The van der Waals surface area contributed by atoms with Crippen molar-refractivity contribution in [2.75, 3.05) is 26.8 Å². The van der Waals surface area contributed by atoms with E-state index in [0.29, 0.717) is 0 Å². The van der Waals surface area contributed by atoms with Crippen molar-refractivity contribution in [3.8, 4) is 17.2 Å². The second-order valence-electron chi connectivity index (χ2n) is 12.3. The van der Waals surface area contributed by atoms with E-state index in [1.54, 1.807) is 6.92 Å². The number of aliphatic hydroxyl groups excluding tert-OH is 3. The van der Waals surface area contributed by atoms with Crippen LogP contribution in [0.25, 0.3) is 0 Å². The molecule has 2 heterocycles. The van der Waals surface area contributed by atoms with Gasteiger partial charge in [-0.05, 0) is 38.9 Å². The number of phenolic OH excluding ortho intramolecular Hbond substituents is 2. The summed E-state index contributed by atoms with van der Waals surface area (Å²) in [6.45, 7) is 2.56. The van der Waals surface area contributed by atoms with E-state index in [2.05, 4.69) is 4.90 Å². The highest BCUT2D eigenvalue weighted by Gasteiger charge is 2.50. The summed E-state index contributed by atoms with van der Waals surface area (Å²) in [5, 5.41) is 66.2. The number of aliphatic hydroxyl groups is 4. The number of hydrogen-bond acceptors (Lipinski definition) is 12. The maximum atomic E-state index is 13.8. The van der Waals surface area contributed by atoms with Gasteiger partial charge < -0.3 is 44.8 Å². The standard InChI is InChI=1S/C32H39NO11/c1-15-27(36)18(33-9-4-3-5-10-33)11-22(43-15)44-20-13-32(41,21(35)14-34)12-17-24(20)31(40)26-25(29(17)38)28(37)16-7-6-8-19(42-2)23(16)30(26)39/h6-8,15,18,20-22,27,34-36,38,40-41H,3-5,9-14H2,1-2H3/t15-,18-,20-,21?,22-,27+,32-/m0/s1. The van der Waals surface area contributed by atoms with Crippen molar-refractivity contribution in [2.24, 2.45) is 0 Å². The van der Waals surface area contributed by atoms with E-state index in [-0.39, 0.29) is 46.9 Å². The van der Waals surface area contributed by atoms with Gasteiger partial charge in [-0.2, -0.15) is 0 Å². The largest absolute Gasteiger partial charge is 0.507 e. The van der Waals surface area contributed by atoms with Crippen molar-refractivity contribution < 1.29 is 54.4 Å². The maximum absolute atomic E-state index is 13.8. The molecule has 0 aromatic heterocycles. The number of carbonyl (C=O) groups excluding carboxylic acids is 2. The third-order valence-electron chi connectivity index (χ3n) is 9.75. The lowest BCUT2D eigenvalue weighted by Crippen LogP contribution is -2.57. The fraction of sp³-hybridized carbons (Fsp3) is 0.562. The highest BCUT2D eigenvalue weighted by molar-refractivity contribution is 6.31. The number of hydrogen-bond donors (Lipinski definition) is 6. The first kappa shape index (κ1) is 30.9. The molecule has 0 amide bonds. The Balaban J connectivity index is 1.44. The van der Waals surface area contributed by atoms with Crippen molar-refractivity contribution in [3.63, 3.8) is 0 Å². The maximum Gasteiger partial charge on any atom is 0.202 e. The molecule has 6 N–H and O–H groups in total. The van der Waals surface area contributed by atoms with Crippen LogP contribution in [0.5, 0.6) is 17.2 Å². The summed E-state index contributed by atoms with van der Waals surface area (Å²) >= 11 is 0. The number of piperidine rings is 1. The molecule has 2 fully saturated rings. The second-order valence-corrected chi connectivity index (χ2v) is 12.3. The number of ketones is 2. The van der Waals surface area contributed by atoms with Crippen LogP contribution < -0.4 is 4.74 Å². The molecular formula is C32H39NO11. The number of phenols is 2. The van der Waals surface area contributed by atoms with Crippen molar-refractivity contribution in [1.29, 1.82) is 0 Å². The van der Waals surface area contributed by atoms with Gasteiger partial charge in [-0.15, -0.1) is 0 Å². The van der Waals surface area contributed by atoms with Crippen molar-refractivity contribution >= 4 is 11.6 Å². The molecule has 2 saturated heterocycles. The molecule has 2 aromatic rings. The number of fused-ring (bicyclic) bond motifs is 3. The zero-order valence-electron chi connectivity index (χ0n) is 24.7. The van der Waals surface area contributed by atoms with Crippen LogP contribution in [0.15, 0.2) is 18.2 Å². The van der Waals surface area contributed by atoms with Crippen LogP contribution in [0.3, 0.4) is 0 Å². The summed E-state index contributed by atoms with van der Waals surface area (Å²) in [6.07, 6.45) is -2.60. The number of ether oxygens (including phenoxy) is 3. The van der Waals surface area contributed by atoms with E-state index in [0.717, 1.165) is 32.4 Å². The van der Waals surface area contributed by atoms with Gasteiger partial charge in [0, 0.05) is 42.0 Å².